The number of thioether (sulfide) groups is 1. The average molecular weight is 296 g/mol. The molecule has 1 N–H and O–H groups in total. The highest BCUT2D eigenvalue weighted by molar-refractivity contribution is 7.99. The number of carbonyl (C=O) groups excluding carboxylic acids is 1. The van der Waals surface area contributed by atoms with Gasteiger partial charge in [-0.1, -0.05) is 26.2 Å². The van der Waals surface area contributed by atoms with Crippen LogP contribution >= 0.6 is 11.8 Å². The Morgan fingerprint density at radius 1 is 1.50 bits per heavy atom. The molecule has 0 aromatic heterocycles. The Bertz CT molecular complexity index is 369. The smallest absolute Gasteiger partial charge is 0.250 e. The third-order valence-corrected chi connectivity index (χ3v) is 5.36. The minimum Gasteiger partial charge on any atom is -0.365 e. The first-order valence-corrected chi connectivity index (χ1v) is 8.81. The van der Waals surface area contributed by atoms with E-state index < -0.39 is 11.6 Å². The van der Waals surface area contributed by atoms with Gasteiger partial charge in [0.05, 0.1) is 12.2 Å². The first-order chi connectivity index (χ1) is 9.69. The van der Waals surface area contributed by atoms with Crippen molar-refractivity contribution in [2.75, 3.05) is 11.5 Å². The molecule has 0 spiro atoms. The van der Waals surface area contributed by atoms with Crippen LogP contribution in [0.1, 0.15) is 51.9 Å². The van der Waals surface area contributed by atoms with E-state index >= 15 is 0 Å². The maximum absolute atomic E-state index is 12.4. The van der Waals surface area contributed by atoms with Gasteiger partial charge in [-0.2, -0.15) is 17.0 Å². The van der Waals surface area contributed by atoms with Gasteiger partial charge < -0.3 is 10.1 Å². The quantitative estimate of drug-likeness (QED) is 0.847. The summed E-state index contributed by atoms with van der Waals surface area (Å²) in [6.45, 7) is 1.97. The zero-order valence-corrected chi connectivity index (χ0v) is 13.0. The predicted molar refractivity (Wildman–Crippen MR) is 80.5 cm³/mol. The first-order valence-electron chi connectivity index (χ1n) is 7.65. The molecule has 0 unspecified atom stereocenters. The molecule has 0 aromatic rings. The molecular formula is C15H24N2O2S. The number of nitrogens with zero attached hydrogens (tertiary/aromatic N) is 1. The van der Waals surface area contributed by atoms with Crippen molar-refractivity contribution >= 4 is 17.7 Å². The Kier molecular flexibility index (Phi) is 5.74. The molecule has 0 radical (unpaired) electrons. The van der Waals surface area contributed by atoms with Crippen LogP contribution in [0.25, 0.3) is 0 Å². The highest BCUT2D eigenvalue weighted by Gasteiger charge is 2.38. The number of nitrogens with one attached hydrogen (secondary N) is 1. The molecule has 1 heterocycles. The van der Waals surface area contributed by atoms with E-state index in [1.54, 1.807) is 11.8 Å². The fourth-order valence-corrected chi connectivity index (χ4v) is 4.14. The summed E-state index contributed by atoms with van der Waals surface area (Å²) in [6.07, 6.45) is 6.99. The highest BCUT2D eigenvalue weighted by atomic mass is 32.2. The third-order valence-electron chi connectivity index (χ3n) is 4.17. The van der Waals surface area contributed by atoms with Crippen molar-refractivity contribution in [3.63, 3.8) is 0 Å². The molecule has 0 bridgehead atoms. The number of nitriles is 1. The first kappa shape index (κ1) is 15.7. The summed E-state index contributed by atoms with van der Waals surface area (Å²) in [7, 11) is 0. The summed E-state index contributed by atoms with van der Waals surface area (Å²) in [6, 6.07) is 2.28. The van der Waals surface area contributed by atoms with Crippen LogP contribution < -0.4 is 5.32 Å². The molecule has 0 aromatic carbocycles. The third kappa shape index (κ3) is 3.89. The predicted octanol–water partition coefficient (Wildman–Crippen LogP) is 2.63. The molecule has 1 aliphatic carbocycles. The van der Waals surface area contributed by atoms with Gasteiger partial charge in [0.1, 0.15) is 11.6 Å². The number of hydrogen-bond acceptors (Lipinski definition) is 4. The number of carbonyl (C=O) groups is 1. The number of ether oxygens (including phenoxy) is 1. The van der Waals surface area contributed by atoms with Crippen LogP contribution in [0.5, 0.6) is 0 Å². The van der Waals surface area contributed by atoms with Crippen LogP contribution in [0.2, 0.25) is 0 Å². The number of hydrogen-bond donors (Lipinski definition) is 1. The molecule has 1 saturated heterocycles. The molecule has 2 aliphatic rings. The van der Waals surface area contributed by atoms with Gasteiger partial charge in [-0.15, -0.1) is 0 Å². The Balaban J connectivity index is 1.89. The minimum absolute atomic E-state index is 0.109. The lowest BCUT2D eigenvalue weighted by Crippen LogP contribution is -2.52. The summed E-state index contributed by atoms with van der Waals surface area (Å²) in [5, 5.41) is 12.3. The summed E-state index contributed by atoms with van der Waals surface area (Å²) in [5.74, 6) is 1.52. The van der Waals surface area contributed by atoms with Crippen molar-refractivity contribution in [2.45, 2.75) is 69.6 Å². The van der Waals surface area contributed by atoms with E-state index in [0.717, 1.165) is 25.0 Å². The minimum atomic E-state index is -0.676. The van der Waals surface area contributed by atoms with Crippen LogP contribution in [0.15, 0.2) is 0 Å². The van der Waals surface area contributed by atoms with E-state index in [-0.39, 0.29) is 12.0 Å². The fourth-order valence-electron chi connectivity index (χ4n) is 2.87. The van der Waals surface area contributed by atoms with Crippen LogP contribution in [-0.2, 0) is 9.53 Å². The molecule has 1 aliphatic heterocycles. The van der Waals surface area contributed by atoms with E-state index in [2.05, 4.69) is 11.4 Å². The summed E-state index contributed by atoms with van der Waals surface area (Å²) in [4.78, 5) is 12.4. The number of amides is 1. The molecule has 5 heteroatoms. The molecule has 20 heavy (non-hydrogen) atoms. The van der Waals surface area contributed by atoms with Crippen LogP contribution in [0.4, 0.5) is 0 Å². The van der Waals surface area contributed by atoms with E-state index in [9.17, 15) is 10.1 Å². The van der Waals surface area contributed by atoms with Crippen LogP contribution in [0.3, 0.4) is 0 Å². The average Bonchev–Trinajstić information content (AvgIpc) is 2.94. The second-order valence-corrected chi connectivity index (χ2v) is 6.88. The van der Waals surface area contributed by atoms with Crippen molar-refractivity contribution in [1.82, 2.24) is 5.32 Å². The van der Waals surface area contributed by atoms with Gasteiger partial charge in [-0.25, -0.2) is 0 Å². The second-order valence-electron chi connectivity index (χ2n) is 5.78. The lowest BCUT2D eigenvalue weighted by molar-refractivity contribution is -0.139. The topological polar surface area (TPSA) is 62.1 Å². The van der Waals surface area contributed by atoms with Crippen LogP contribution in [0, 0.1) is 11.3 Å². The molecular weight excluding hydrogens is 272 g/mol. The largest absolute Gasteiger partial charge is 0.365 e. The lowest BCUT2D eigenvalue weighted by atomic mass is 9.97. The lowest BCUT2D eigenvalue weighted by Gasteiger charge is -2.29. The van der Waals surface area contributed by atoms with Gasteiger partial charge in [0.2, 0.25) is 5.91 Å². The SMILES string of the molecule is CC[C@H](OC1CCCCC1)C(=O)N[C@@]1(C#N)CCSC1. The molecule has 112 valence electrons. The van der Waals surface area contributed by atoms with Gasteiger partial charge in [0.15, 0.2) is 0 Å². The zero-order valence-electron chi connectivity index (χ0n) is 12.2. The van der Waals surface area contributed by atoms with Gasteiger partial charge in [0, 0.05) is 5.75 Å². The van der Waals surface area contributed by atoms with Crippen LogP contribution in [-0.4, -0.2) is 35.2 Å². The fraction of sp³-hybridized carbons (Fsp3) is 0.867. The maximum Gasteiger partial charge on any atom is 0.250 e. The summed E-state index contributed by atoms with van der Waals surface area (Å²) in [5.41, 5.74) is -0.676. The van der Waals surface area contributed by atoms with E-state index in [1.807, 2.05) is 6.92 Å². The van der Waals surface area contributed by atoms with Crippen molar-refractivity contribution in [3.8, 4) is 6.07 Å². The highest BCUT2D eigenvalue weighted by Crippen LogP contribution is 2.28. The molecule has 4 nitrogen and oxygen atoms in total. The monoisotopic (exact) mass is 296 g/mol. The summed E-state index contributed by atoms with van der Waals surface area (Å²) >= 11 is 1.72. The van der Waals surface area contributed by atoms with Crippen molar-refractivity contribution < 1.29 is 9.53 Å². The Labute approximate surface area is 125 Å². The molecule has 2 atom stereocenters. The second kappa shape index (κ2) is 7.33. The van der Waals surface area contributed by atoms with Gasteiger partial charge in [-0.3, -0.25) is 4.79 Å². The molecule has 2 rings (SSSR count). The van der Waals surface area contributed by atoms with Gasteiger partial charge in [-0.05, 0) is 31.4 Å². The molecule has 1 amide bonds. The maximum atomic E-state index is 12.4. The Morgan fingerprint density at radius 3 is 2.80 bits per heavy atom. The zero-order chi connectivity index (χ0) is 14.4. The normalized spacial score (nSPS) is 28.8. The van der Waals surface area contributed by atoms with Crippen molar-refractivity contribution in [3.05, 3.63) is 0 Å². The van der Waals surface area contributed by atoms with Gasteiger partial charge >= 0.3 is 0 Å². The Morgan fingerprint density at radius 2 is 2.25 bits per heavy atom. The molecule has 2 fully saturated rings. The van der Waals surface area contributed by atoms with E-state index in [4.69, 9.17) is 4.74 Å². The van der Waals surface area contributed by atoms with Crippen molar-refractivity contribution in [1.29, 1.82) is 5.26 Å². The standard InChI is InChI=1S/C15H24N2O2S/c1-2-13(19-12-6-4-3-5-7-12)14(18)17-15(10-16)8-9-20-11-15/h12-13H,2-9,11H2,1H3,(H,17,18)/t13-,15+/m0/s1. The molecule has 1 saturated carbocycles. The van der Waals surface area contributed by atoms with E-state index in [0.29, 0.717) is 12.2 Å². The van der Waals surface area contributed by atoms with E-state index in [1.165, 1.54) is 19.3 Å². The number of rotatable bonds is 5. The Hall–Kier alpha value is -0.730. The van der Waals surface area contributed by atoms with Gasteiger partial charge in [0.25, 0.3) is 0 Å². The summed E-state index contributed by atoms with van der Waals surface area (Å²) < 4.78 is 5.97. The van der Waals surface area contributed by atoms with Crippen molar-refractivity contribution in [2.24, 2.45) is 0 Å².